The number of carbonyl (C=O) groups excluding carboxylic acids is 2. The van der Waals surface area contributed by atoms with Crippen LogP contribution in [0.2, 0.25) is 0 Å². The smallest absolute Gasteiger partial charge is 0.242 e. The molecule has 1 atom stereocenters. The van der Waals surface area contributed by atoms with Crippen LogP contribution in [0.3, 0.4) is 0 Å². The van der Waals surface area contributed by atoms with Crippen LogP contribution in [0.4, 0.5) is 0 Å². The number of nitrogens with one attached hydrogen (secondary N) is 1. The second-order valence-corrected chi connectivity index (χ2v) is 8.63. The predicted octanol–water partition coefficient (Wildman–Crippen LogP) is 4.71. The molecule has 4 nitrogen and oxygen atoms in total. The summed E-state index contributed by atoms with van der Waals surface area (Å²) in [7, 11) is 0. The highest BCUT2D eigenvalue weighted by Gasteiger charge is 2.28. The zero-order valence-electron chi connectivity index (χ0n) is 18.5. The SMILES string of the molecule is Cc1ccc(CN(C(=O)Cc2ccccc2C)C(C)C(=O)NC2CCCCC2)cc1. The fourth-order valence-corrected chi connectivity index (χ4v) is 4.11. The predicted molar refractivity (Wildman–Crippen MR) is 121 cm³/mol. The van der Waals surface area contributed by atoms with Gasteiger partial charge in [-0.1, -0.05) is 73.4 Å². The Kier molecular flexibility index (Phi) is 7.67. The van der Waals surface area contributed by atoms with Crippen molar-refractivity contribution in [2.75, 3.05) is 0 Å². The monoisotopic (exact) mass is 406 g/mol. The summed E-state index contributed by atoms with van der Waals surface area (Å²) in [5, 5.41) is 3.19. The molecular weight excluding hydrogens is 372 g/mol. The van der Waals surface area contributed by atoms with Crippen LogP contribution < -0.4 is 5.32 Å². The Morgan fingerprint density at radius 2 is 1.67 bits per heavy atom. The normalized spacial score (nSPS) is 15.4. The minimum atomic E-state index is -0.509. The molecule has 1 unspecified atom stereocenters. The molecule has 1 N–H and O–H groups in total. The molecule has 1 fully saturated rings. The van der Waals surface area contributed by atoms with Crippen molar-refractivity contribution in [3.63, 3.8) is 0 Å². The largest absolute Gasteiger partial charge is 0.352 e. The van der Waals surface area contributed by atoms with Crippen molar-refractivity contribution in [1.29, 1.82) is 0 Å². The third-order valence-electron chi connectivity index (χ3n) is 6.20. The van der Waals surface area contributed by atoms with Crippen LogP contribution in [0, 0.1) is 13.8 Å². The van der Waals surface area contributed by atoms with Gasteiger partial charge in [0.1, 0.15) is 6.04 Å². The van der Waals surface area contributed by atoms with Crippen molar-refractivity contribution in [3.05, 3.63) is 70.8 Å². The van der Waals surface area contributed by atoms with Crippen molar-refractivity contribution in [2.45, 2.75) is 77.9 Å². The lowest BCUT2D eigenvalue weighted by atomic mass is 9.95. The number of amides is 2. The first-order chi connectivity index (χ1) is 14.4. The number of carbonyl (C=O) groups is 2. The standard InChI is InChI=1S/C26H34N2O2/c1-19-13-15-22(16-14-19)18-28(25(29)17-23-10-8-7-9-20(23)2)21(3)26(30)27-24-11-5-4-6-12-24/h7-10,13-16,21,24H,4-6,11-12,17-18H2,1-3H3,(H,27,30). The van der Waals surface area contributed by atoms with Gasteiger partial charge in [0.2, 0.25) is 11.8 Å². The summed E-state index contributed by atoms with van der Waals surface area (Å²) < 4.78 is 0. The van der Waals surface area contributed by atoms with Gasteiger partial charge in [0.15, 0.2) is 0 Å². The van der Waals surface area contributed by atoms with Crippen LogP contribution in [0.25, 0.3) is 0 Å². The second-order valence-electron chi connectivity index (χ2n) is 8.63. The molecule has 2 amide bonds. The van der Waals surface area contributed by atoms with E-state index in [2.05, 4.69) is 5.32 Å². The lowest BCUT2D eigenvalue weighted by Crippen LogP contribution is -2.50. The average molecular weight is 407 g/mol. The van der Waals surface area contributed by atoms with Crippen LogP contribution in [-0.4, -0.2) is 28.8 Å². The lowest BCUT2D eigenvalue weighted by Gasteiger charge is -2.31. The van der Waals surface area contributed by atoms with Crippen LogP contribution in [0.1, 0.15) is 61.3 Å². The topological polar surface area (TPSA) is 49.4 Å². The van der Waals surface area contributed by atoms with Gasteiger partial charge >= 0.3 is 0 Å². The summed E-state index contributed by atoms with van der Waals surface area (Å²) in [4.78, 5) is 28.1. The van der Waals surface area contributed by atoms with Crippen molar-refractivity contribution < 1.29 is 9.59 Å². The van der Waals surface area contributed by atoms with E-state index in [1.807, 2.05) is 69.3 Å². The first kappa shape index (κ1) is 22.1. The molecule has 1 aliphatic carbocycles. The van der Waals surface area contributed by atoms with E-state index >= 15 is 0 Å². The quantitative estimate of drug-likeness (QED) is 0.724. The maximum absolute atomic E-state index is 13.3. The molecule has 0 aromatic heterocycles. The van der Waals surface area contributed by atoms with E-state index in [1.165, 1.54) is 24.8 Å². The molecule has 0 radical (unpaired) electrons. The van der Waals surface area contributed by atoms with E-state index in [1.54, 1.807) is 4.90 Å². The first-order valence-electron chi connectivity index (χ1n) is 11.1. The first-order valence-corrected chi connectivity index (χ1v) is 11.1. The Morgan fingerprint density at radius 1 is 1.00 bits per heavy atom. The number of rotatable bonds is 7. The zero-order chi connectivity index (χ0) is 21.5. The van der Waals surface area contributed by atoms with Crippen LogP contribution in [0.5, 0.6) is 0 Å². The fraction of sp³-hybridized carbons (Fsp3) is 0.462. The van der Waals surface area contributed by atoms with Crippen LogP contribution in [-0.2, 0) is 22.6 Å². The van der Waals surface area contributed by atoms with E-state index < -0.39 is 6.04 Å². The van der Waals surface area contributed by atoms with E-state index in [9.17, 15) is 9.59 Å². The highest BCUT2D eigenvalue weighted by molar-refractivity contribution is 5.88. The third-order valence-corrected chi connectivity index (χ3v) is 6.20. The molecule has 1 saturated carbocycles. The summed E-state index contributed by atoms with van der Waals surface area (Å²) in [6, 6.07) is 15.8. The lowest BCUT2D eigenvalue weighted by molar-refractivity contribution is -0.140. The molecule has 160 valence electrons. The Labute approximate surface area is 180 Å². The molecule has 2 aromatic carbocycles. The summed E-state index contributed by atoms with van der Waals surface area (Å²) in [5.41, 5.74) is 4.33. The maximum atomic E-state index is 13.3. The Hall–Kier alpha value is -2.62. The van der Waals surface area contributed by atoms with Gasteiger partial charge in [0.25, 0.3) is 0 Å². The molecule has 4 heteroatoms. The van der Waals surface area contributed by atoms with E-state index in [-0.39, 0.29) is 17.9 Å². The number of aryl methyl sites for hydroxylation is 2. The van der Waals surface area contributed by atoms with E-state index in [0.29, 0.717) is 13.0 Å². The van der Waals surface area contributed by atoms with Gasteiger partial charge in [-0.2, -0.15) is 0 Å². The molecule has 0 saturated heterocycles. The Balaban J connectivity index is 1.76. The minimum Gasteiger partial charge on any atom is -0.352 e. The summed E-state index contributed by atoms with van der Waals surface area (Å²) >= 11 is 0. The molecule has 1 aliphatic rings. The molecule has 3 rings (SSSR count). The molecule has 2 aromatic rings. The van der Waals surface area contributed by atoms with Gasteiger partial charge in [-0.3, -0.25) is 9.59 Å². The van der Waals surface area contributed by atoms with Crippen molar-refractivity contribution in [2.24, 2.45) is 0 Å². The minimum absolute atomic E-state index is 0.0174. The van der Waals surface area contributed by atoms with Crippen molar-refractivity contribution in [3.8, 4) is 0 Å². The number of hydrogen-bond donors (Lipinski definition) is 1. The molecule has 0 aliphatic heterocycles. The molecule has 30 heavy (non-hydrogen) atoms. The number of nitrogens with zero attached hydrogens (tertiary/aromatic N) is 1. The molecule has 0 heterocycles. The van der Waals surface area contributed by atoms with Crippen LogP contribution >= 0.6 is 0 Å². The molecule has 0 spiro atoms. The van der Waals surface area contributed by atoms with Gasteiger partial charge < -0.3 is 10.2 Å². The summed E-state index contributed by atoms with van der Waals surface area (Å²) in [6.07, 6.45) is 5.95. The van der Waals surface area contributed by atoms with Gasteiger partial charge in [-0.05, 0) is 50.3 Å². The Morgan fingerprint density at radius 3 is 2.33 bits per heavy atom. The zero-order valence-corrected chi connectivity index (χ0v) is 18.5. The van der Waals surface area contributed by atoms with Gasteiger partial charge in [-0.15, -0.1) is 0 Å². The summed E-state index contributed by atoms with van der Waals surface area (Å²) in [5.74, 6) is -0.0664. The third kappa shape index (κ3) is 5.94. The maximum Gasteiger partial charge on any atom is 0.242 e. The van der Waals surface area contributed by atoms with Gasteiger partial charge in [-0.25, -0.2) is 0 Å². The second kappa shape index (κ2) is 10.4. The number of benzene rings is 2. The summed E-state index contributed by atoms with van der Waals surface area (Å²) in [6.45, 7) is 6.35. The molecular formula is C26H34N2O2. The fourth-order valence-electron chi connectivity index (χ4n) is 4.11. The van der Waals surface area contributed by atoms with Crippen LogP contribution in [0.15, 0.2) is 48.5 Å². The van der Waals surface area contributed by atoms with E-state index in [0.717, 1.165) is 29.5 Å². The van der Waals surface area contributed by atoms with Crippen molar-refractivity contribution in [1.82, 2.24) is 10.2 Å². The van der Waals surface area contributed by atoms with Crippen molar-refractivity contribution >= 4 is 11.8 Å². The average Bonchev–Trinajstić information content (AvgIpc) is 2.75. The van der Waals surface area contributed by atoms with Gasteiger partial charge in [0.05, 0.1) is 6.42 Å². The molecule has 0 bridgehead atoms. The highest BCUT2D eigenvalue weighted by Crippen LogP contribution is 2.19. The number of hydrogen-bond acceptors (Lipinski definition) is 2. The Bertz CT molecular complexity index is 854. The highest BCUT2D eigenvalue weighted by atomic mass is 16.2. The van der Waals surface area contributed by atoms with Gasteiger partial charge in [0, 0.05) is 12.6 Å². The van der Waals surface area contributed by atoms with E-state index in [4.69, 9.17) is 0 Å².